The molecule has 0 heterocycles. The van der Waals surface area contributed by atoms with Gasteiger partial charge < -0.3 is 20.7 Å². The highest BCUT2D eigenvalue weighted by Gasteiger charge is 2.36. The first-order valence-electron chi connectivity index (χ1n) is 10.5. The number of nitrogens with one attached hydrogen (secondary N) is 3. The summed E-state index contributed by atoms with van der Waals surface area (Å²) in [7, 11) is 1.76. The lowest BCUT2D eigenvalue weighted by molar-refractivity contribution is -0.121. The van der Waals surface area contributed by atoms with Crippen molar-refractivity contribution in [3.05, 3.63) is 0 Å². The fourth-order valence-electron chi connectivity index (χ4n) is 3.91. The fraction of sp³-hybridized carbons (Fsp3) is 0.900. The first-order valence-corrected chi connectivity index (χ1v) is 10.5. The SMILES string of the molecule is CCNC(=NCC1(CCOC)CCC1)NCCC(=O)NC1CCCCC1. The maximum absolute atomic E-state index is 12.1. The number of carbonyl (C=O) groups is 1. The Morgan fingerprint density at radius 2 is 1.92 bits per heavy atom. The number of amides is 1. The molecule has 2 aliphatic carbocycles. The first-order chi connectivity index (χ1) is 12.7. The van der Waals surface area contributed by atoms with E-state index < -0.39 is 0 Å². The van der Waals surface area contributed by atoms with Gasteiger partial charge in [-0.3, -0.25) is 9.79 Å². The zero-order valence-corrected chi connectivity index (χ0v) is 16.7. The summed E-state index contributed by atoms with van der Waals surface area (Å²) >= 11 is 0. The molecule has 0 bridgehead atoms. The zero-order valence-electron chi connectivity index (χ0n) is 16.7. The van der Waals surface area contributed by atoms with Crippen LogP contribution in [0.4, 0.5) is 0 Å². The minimum Gasteiger partial charge on any atom is -0.385 e. The molecule has 3 N–H and O–H groups in total. The summed E-state index contributed by atoms with van der Waals surface area (Å²) < 4.78 is 5.26. The van der Waals surface area contributed by atoms with Crippen molar-refractivity contribution in [2.75, 3.05) is 33.4 Å². The van der Waals surface area contributed by atoms with Crippen LogP contribution in [0.1, 0.15) is 71.1 Å². The van der Waals surface area contributed by atoms with E-state index in [0.29, 0.717) is 24.4 Å². The second-order valence-corrected chi connectivity index (χ2v) is 7.87. The molecule has 6 nitrogen and oxygen atoms in total. The van der Waals surface area contributed by atoms with Crippen molar-refractivity contribution in [3.8, 4) is 0 Å². The Hall–Kier alpha value is -1.30. The van der Waals surface area contributed by atoms with Crippen LogP contribution in [-0.2, 0) is 9.53 Å². The maximum Gasteiger partial charge on any atom is 0.221 e. The minimum absolute atomic E-state index is 0.149. The van der Waals surface area contributed by atoms with E-state index in [9.17, 15) is 4.79 Å². The standard InChI is InChI=1S/C20H38N4O2/c1-3-21-19(23-16-20(11-7-12-20)13-15-26-2)22-14-10-18(25)24-17-8-5-4-6-9-17/h17H,3-16H2,1-2H3,(H,24,25)(H2,21,22,23). The Morgan fingerprint density at radius 3 is 2.54 bits per heavy atom. The molecular weight excluding hydrogens is 328 g/mol. The molecule has 0 aliphatic heterocycles. The third-order valence-corrected chi connectivity index (χ3v) is 5.78. The molecule has 0 unspecified atom stereocenters. The number of rotatable bonds is 10. The number of hydrogen-bond acceptors (Lipinski definition) is 3. The average Bonchev–Trinajstić information content (AvgIpc) is 2.61. The molecule has 2 saturated carbocycles. The van der Waals surface area contributed by atoms with Gasteiger partial charge in [0, 0.05) is 45.8 Å². The summed E-state index contributed by atoms with van der Waals surface area (Å²) in [6.45, 7) is 5.15. The normalized spacial score (nSPS) is 20.3. The highest BCUT2D eigenvalue weighted by Crippen LogP contribution is 2.44. The second-order valence-electron chi connectivity index (χ2n) is 7.87. The zero-order chi connectivity index (χ0) is 18.7. The molecule has 6 heteroatoms. The predicted molar refractivity (Wildman–Crippen MR) is 106 cm³/mol. The molecule has 2 rings (SSSR count). The third kappa shape index (κ3) is 7.14. The lowest BCUT2D eigenvalue weighted by Gasteiger charge is -2.40. The van der Waals surface area contributed by atoms with E-state index >= 15 is 0 Å². The monoisotopic (exact) mass is 366 g/mol. The molecule has 0 aromatic carbocycles. The highest BCUT2D eigenvalue weighted by molar-refractivity contribution is 5.81. The van der Waals surface area contributed by atoms with Crippen LogP contribution in [0.15, 0.2) is 4.99 Å². The number of ether oxygens (including phenoxy) is 1. The van der Waals surface area contributed by atoms with Crippen molar-refractivity contribution in [1.29, 1.82) is 0 Å². The summed E-state index contributed by atoms with van der Waals surface area (Å²) in [6, 6.07) is 0.386. The molecule has 0 radical (unpaired) electrons. The van der Waals surface area contributed by atoms with Crippen LogP contribution in [0.2, 0.25) is 0 Å². The topological polar surface area (TPSA) is 74.8 Å². The number of carbonyl (C=O) groups excluding carboxylic acids is 1. The van der Waals surface area contributed by atoms with Crippen LogP contribution in [0.25, 0.3) is 0 Å². The van der Waals surface area contributed by atoms with E-state index in [-0.39, 0.29) is 5.91 Å². The lowest BCUT2D eigenvalue weighted by atomic mass is 9.67. The average molecular weight is 367 g/mol. The fourth-order valence-corrected chi connectivity index (χ4v) is 3.91. The van der Waals surface area contributed by atoms with Gasteiger partial charge >= 0.3 is 0 Å². The molecule has 0 aromatic heterocycles. The maximum atomic E-state index is 12.1. The minimum atomic E-state index is 0.149. The quantitative estimate of drug-likeness (QED) is 0.410. The molecular formula is C20H38N4O2. The van der Waals surface area contributed by atoms with Crippen molar-refractivity contribution in [2.24, 2.45) is 10.4 Å². The summed E-state index contributed by atoms with van der Waals surface area (Å²) in [6.07, 6.45) is 11.4. The second kappa shape index (κ2) is 11.4. The van der Waals surface area contributed by atoms with Gasteiger partial charge in [0.1, 0.15) is 0 Å². The van der Waals surface area contributed by atoms with E-state index in [1.54, 1.807) is 7.11 Å². The lowest BCUT2D eigenvalue weighted by Crippen LogP contribution is -2.42. The molecule has 2 aliphatic rings. The Labute approximate surface area is 158 Å². The van der Waals surface area contributed by atoms with Crippen LogP contribution >= 0.6 is 0 Å². The van der Waals surface area contributed by atoms with Gasteiger partial charge in [0.05, 0.1) is 0 Å². The van der Waals surface area contributed by atoms with E-state index in [1.807, 2.05) is 0 Å². The van der Waals surface area contributed by atoms with Gasteiger partial charge in [-0.15, -0.1) is 0 Å². The number of methoxy groups -OCH3 is 1. The predicted octanol–water partition coefficient (Wildman–Crippen LogP) is 2.59. The Morgan fingerprint density at radius 1 is 1.15 bits per heavy atom. The van der Waals surface area contributed by atoms with Crippen molar-refractivity contribution in [2.45, 2.75) is 77.2 Å². The van der Waals surface area contributed by atoms with Crippen LogP contribution in [0.5, 0.6) is 0 Å². The van der Waals surface area contributed by atoms with Gasteiger partial charge in [0.15, 0.2) is 5.96 Å². The van der Waals surface area contributed by atoms with Gasteiger partial charge in [-0.1, -0.05) is 25.7 Å². The van der Waals surface area contributed by atoms with E-state index in [4.69, 9.17) is 9.73 Å². The molecule has 1 amide bonds. The largest absolute Gasteiger partial charge is 0.385 e. The number of nitrogens with zero attached hydrogens (tertiary/aromatic N) is 1. The summed E-state index contributed by atoms with van der Waals surface area (Å²) in [5, 5.41) is 9.77. The molecule has 150 valence electrons. The molecule has 0 spiro atoms. The van der Waals surface area contributed by atoms with Gasteiger partial charge in [-0.2, -0.15) is 0 Å². The van der Waals surface area contributed by atoms with Gasteiger partial charge in [-0.05, 0) is 44.4 Å². The van der Waals surface area contributed by atoms with Gasteiger partial charge in [0.25, 0.3) is 0 Å². The third-order valence-electron chi connectivity index (χ3n) is 5.78. The summed E-state index contributed by atoms with van der Waals surface area (Å²) in [5.74, 6) is 0.970. The van der Waals surface area contributed by atoms with E-state index in [2.05, 4.69) is 22.9 Å². The van der Waals surface area contributed by atoms with Crippen molar-refractivity contribution in [3.63, 3.8) is 0 Å². The van der Waals surface area contributed by atoms with Crippen molar-refractivity contribution in [1.82, 2.24) is 16.0 Å². The van der Waals surface area contributed by atoms with Gasteiger partial charge in [0.2, 0.25) is 5.91 Å². The number of guanidine groups is 1. The Bertz CT molecular complexity index is 443. The molecule has 0 atom stereocenters. The van der Waals surface area contributed by atoms with Crippen LogP contribution in [-0.4, -0.2) is 51.3 Å². The summed E-state index contributed by atoms with van der Waals surface area (Å²) in [5.41, 5.74) is 0.316. The Kier molecular flexibility index (Phi) is 9.23. The first kappa shape index (κ1) is 21.0. The molecule has 0 saturated heterocycles. The van der Waals surface area contributed by atoms with Crippen molar-refractivity contribution >= 4 is 11.9 Å². The summed E-state index contributed by atoms with van der Waals surface area (Å²) in [4.78, 5) is 16.9. The molecule has 0 aromatic rings. The number of hydrogen-bond donors (Lipinski definition) is 3. The van der Waals surface area contributed by atoms with E-state index in [0.717, 1.165) is 44.9 Å². The number of aliphatic imine (C=N–C) groups is 1. The molecule has 26 heavy (non-hydrogen) atoms. The van der Waals surface area contributed by atoms with Gasteiger partial charge in [-0.25, -0.2) is 0 Å². The molecule has 2 fully saturated rings. The smallest absolute Gasteiger partial charge is 0.221 e. The van der Waals surface area contributed by atoms with Crippen molar-refractivity contribution < 1.29 is 9.53 Å². The van der Waals surface area contributed by atoms with E-state index in [1.165, 1.54) is 38.5 Å². The van der Waals surface area contributed by atoms with Crippen LogP contribution in [0.3, 0.4) is 0 Å². The highest BCUT2D eigenvalue weighted by atomic mass is 16.5. The Balaban J connectivity index is 1.71. The van der Waals surface area contributed by atoms with Crippen LogP contribution in [0, 0.1) is 5.41 Å². The van der Waals surface area contributed by atoms with Crippen LogP contribution < -0.4 is 16.0 Å².